The van der Waals surface area contributed by atoms with Crippen LogP contribution in [0.3, 0.4) is 0 Å². The van der Waals surface area contributed by atoms with E-state index in [1.165, 1.54) is 0 Å². The summed E-state index contributed by atoms with van der Waals surface area (Å²) >= 11 is 0. The Morgan fingerprint density at radius 2 is 1.71 bits per heavy atom. The minimum atomic E-state index is -0.730. The molecule has 3 N–H and O–H groups in total. The van der Waals surface area contributed by atoms with Crippen molar-refractivity contribution in [3.8, 4) is 0 Å². The van der Waals surface area contributed by atoms with Crippen LogP contribution in [-0.4, -0.2) is 23.6 Å². The van der Waals surface area contributed by atoms with Gasteiger partial charge in [0, 0.05) is 0 Å². The number of nitrogens with zero attached hydrogens (tertiary/aromatic N) is 1. The van der Waals surface area contributed by atoms with Gasteiger partial charge in [-0.3, -0.25) is 10.2 Å². The molecule has 0 unspecified atom stereocenters. The molecule has 0 atom stereocenters. The predicted octanol–water partition coefficient (Wildman–Crippen LogP) is 2.12. The average molecular weight is 327 g/mol. The smallest absolute Gasteiger partial charge is 0.333 e. The Morgan fingerprint density at radius 1 is 1.04 bits per heavy atom. The minimum Gasteiger partial charge on any atom is -0.367 e. The molecule has 2 rings (SSSR count). The van der Waals surface area contributed by atoms with Gasteiger partial charge >= 0.3 is 6.03 Å². The van der Waals surface area contributed by atoms with Crippen molar-refractivity contribution in [3.63, 3.8) is 0 Å². The van der Waals surface area contributed by atoms with Gasteiger partial charge in [0.25, 0.3) is 5.91 Å². The third kappa shape index (κ3) is 5.73. The van der Waals surface area contributed by atoms with Crippen molar-refractivity contribution in [2.24, 2.45) is 5.73 Å². The maximum Gasteiger partial charge on any atom is 0.333 e. The molecule has 126 valence electrons. The van der Waals surface area contributed by atoms with E-state index in [-0.39, 0.29) is 13.2 Å². The van der Waals surface area contributed by atoms with E-state index >= 15 is 0 Å². The predicted molar refractivity (Wildman–Crippen MR) is 90.5 cm³/mol. The number of amides is 3. The number of nitrogens with one attached hydrogen (secondary N) is 1. The molecular formula is C18H21N3O3. The van der Waals surface area contributed by atoms with Crippen LogP contribution in [-0.2, 0) is 22.7 Å². The van der Waals surface area contributed by atoms with Crippen LogP contribution in [0.25, 0.3) is 0 Å². The first-order valence-corrected chi connectivity index (χ1v) is 7.58. The van der Waals surface area contributed by atoms with Gasteiger partial charge in [0.2, 0.25) is 0 Å². The van der Waals surface area contributed by atoms with E-state index < -0.39 is 11.9 Å². The van der Waals surface area contributed by atoms with Gasteiger partial charge in [-0.05, 0) is 18.1 Å². The number of primary amides is 1. The van der Waals surface area contributed by atoms with E-state index in [1.807, 2.05) is 61.5 Å². The van der Waals surface area contributed by atoms with Gasteiger partial charge in [0.05, 0.1) is 13.2 Å². The molecule has 0 aliphatic heterocycles. The normalized spacial score (nSPS) is 10.2. The Morgan fingerprint density at radius 3 is 2.33 bits per heavy atom. The number of urea groups is 1. The summed E-state index contributed by atoms with van der Waals surface area (Å²) in [7, 11) is 0. The highest BCUT2D eigenvalue weighted by Gasteiger charge is 2.14. The number of hydrogen-bond acceptors (Lipinski definition) is 3. The quantitative estimate of drug-likeness (QED) is 0.797. The lowest BCUT2D eigenvalue weighted by Gasteiger charge is -2.21. The first-order valence-electron chi connectivity index (χ1n) is 7.58. The van der Waals surface area contributed by atoms with Crippen molar-refractivity contribution < 1.29 is 14.3 Å². The molecule has 0 bridgehead atoms. The van der Waals surface area contributed by atoms with Crippen molar-refractivity contribution >= 4 is 11.9 Å². The lowest BCUT2D eigenvalue weighted by molar-refractivity contribution is -0.130. The summed E-state index contributed by atoms with van der Waals surface area (Å²) in [4.78, 5) is 23.4. The molecule has 0 fully saturated rings. The summed E-state index contributed by atoms with van der Waals surface area (Å²) in [5.41, 5.74) is 10.7. The highest BCUT2D eigenvalue weighted by molar-refractivity contribution is 5.81. The Kier molecular flexibility index (Phi) is 6.33. The number of hydrazine groups is 1. The van der Waals surface area contributed by atoms with Gasteiger partial charge in [-0.25, -0.2) is 9.80 Å². The fourth-order valence-electron chi connectivity index (χ4n) is 2.07. The van der Waals surface area contributed by atoms with Gasteiger partial charge in [-0.1, -0.05) is 60.2 Å². The topological polar surface area (TPSA) is 84.7 Å². The first kappa shape index (κ1) is 17.5. The van der Waals surface area contributed by atoms with Crippen LogP contribution in [0.2, 0.25) is 0 Å². The molecule has 24 heavy (non-hydrogen) atoms. The lowest BCUT2D eigenvalue weighted by atomic mass is 10.1. The highest BCUT2D eigenvalue weighted by atomic mass is 16.5. The third-order valence-electron chi connectivity index (χ3n) is 3.33. The second-order valence-corrected chi connectivity index (χ2v) is 5.42. The zero-order chi connectivity index (χ0) is 17.4. The van der Waals surface area contributed by atoms with Crippen LogP contribution >= 0.6 is 0 Å². The van der Waals surface area contributed by atoms with Crippen molar-refractivity contribution in [3.05, 3.63) is 71.3 Å². The zero-order valence-corrected chi connectivity index (χ0v) is 13.6. The Bertz CT molecular complexity index is 672. The molecule has 0 saturated heterocycles. The number of hydrogen-bond donors (Lipinski definition) is 2. The van der Waals surface area contributed by atoms with Crippen LogP contribution < -0.4 is 11.2 Å². The second kappa shape index (κ2) is 8.69. The summed E-state index contributed by atoms with van der Waals surface area (Å²) in [6.07, 6.45) is 0. The van der Waals surface area contributed by atoms with Crippen molar-refractivity contribution in [2.75, 3.05) is 6.61 Å². The number of ether oxygens (including phenoxy) is 1. The Labute approximate surface area is 141 Å². The van der Waals surface area contributed by atoms with E-state index in [0.29, 0.717) is 6.61 Å². The van der Waals surface area contributed by atoms with Crippen LogP contribution in [0.15, 0.2) is 54.6 Å². The molecule has 6 nitrogen and oxygen atoms in total. The molecular weight excluding hydrogens is 306 g/mol. The van der Waals surface area contributed by atoms with Crippen LogP contribution in [0.5, 0.6) is 0 Å². The number of rotatable bonds is 6. The monoisotopic (exact) mass is 327 g/mol. The molecule has 0 aromatic heterocycles. The summed E-state index contributed by atoms with van der Waals surface area (Å²) < 4.78 is 5.34. The molecule has 0 radical (unpaired) electrons. The van der Waals surface area contributed by atoms with E-state index in [9.17, 15) is 9.59 Å². The summed E-state index contributed by atoms with van der Waals surface area (Å²) in [5.74, 6) is -0.433. The fourth-order valence-corrected chi connectivity index (χ4v) is 2.07. The van der Waals surface area contributed by atoms with Crippen molar-refractivity contribution in [2.45, 2.75) is 20.1 Å². The van der Waals surface area contributed by atoms with E-state index in [4.69, 9.17) is 10.5 Å². The largest absolute Gasteiger partial charge is 0.367 e. The number of benzene rings is 2. The molecule has 6 heteroatoms. The van der Waals surface area contributed by atoms with Crippen LogP contribution in [0.1, 0.15) is 16.7 Å². The molecule has 3 amide bonds. The molecule has 2 aromatic carbocycles. The van der Waals surface area contributed by atoms with E-state index in [2.05, 4.69) is 5.43 Å². The van der Waals surface area contributed by atoms with Gasteiger partial charge in [-0.15, -0.1) is 0 Å². The van der Waals surface area contributed by atoms with Gasteiger partial charge in [0.1, 0.15) is 6.61 Å². The number of carbonyl (C=O) groups is 2. The molecule has 0 saturated carbocycles. The molecule has 2 aromatic rings. The lowest BCUT2D eigenvalue weighted by Crippen LogP contribution is -2.49. The molecule has 0 aliphatic rings. The standard InChI is InChI=1S/C18H21N3O3/c1-14-7-9-15(10-8-14)11-21(18(19)23)20-17(22)13-24-12-16-5-3-2-4-6-16/h2-10H,11-13H2,1H3,(H2,19,23)(H,20,22). The van der Waals surface area contributed by atoms with Crippen molar-refractivity contribution in [1.29, 1.82) is 0 Å². The maximum atomic E-state index is 11.9. The summed E-state index contributed by atoms with van der Waals surface area (Å²) in [5, 5.41) is 1.07. The van der Waals surface area contributed by atoms with Crippen LogP contribution in [0.4, 0.5) is 4.79 Å². The average Bonchev–Trinajstić information content (AvgIpc) is 2.57. The third-order valence-corrected chi connectivity index (χ3v) is 3.33. The SMILES string of the molecule is Cc1ccc(CN(NC(=O)COCc2ccccc2)C(N)=O)cc1. The minimum absolute atomic E-state index is 0.160. The number of aryl methyl sites for hydroxylation is 1. The maximum absolute atomic E-state index is 11.9. The Hall–Kier alpha value is -2.86. The Balaban J connectivity index is 1.82. The first-order chi connectivity index (χ1) is 11.5. The summed E-state index contributed by atoms with van der Waals surface area (Å²) in [6.45, 7) is 2.33. The van der Waals surface area contributed by atoms with Gasteiger partial charge in [0.15, 0.2) is 0 Å². The molecule has 0 spiro atoms. The summed E-state index contributed by atoms with van der Waals surface area (Å²) in [6, 6.07) is 16.4. The number of carbonyl (C=O) groups excluding carboxylic acids is 2. The highest BCUT2D eigenvalue weighted by Crippen LogP contribution is 2.06. The number of nitrogens with two attached hydrogens (primary N) is 1. The van der Waals surface area contributed by atoms with Crippen molar-refractivity contribution in [1.82, 2.24) is 10.4 Å². The van der Waals surface area contributed by atoms with Crippen LogP contribution in [0, 0.1) is 6.92 Å². The van der Waals surface area contributed by atoms with E-state index in [0.717, 1.165) is 21.7 Å². The second-order valence-electron chi connectivity index (χ2n) is 5.42. The van der Waals surface area contributed by atoms with Gasteiger partial charge < -0.3 is 10.5 Å². The molecule has 0 aliphatic carbocycles. The zero-order valence-electron chi connectivity index (χ0n) is 13.6. The van der Waals surface area contributed by atoms with Gasteiger partial charge in [-0.2, -0.15) is 0 Å². The fraction of sp³-hybridized carbons (Fsp3) is 0.222. The molecule has 0 heterocycles. The van der Waals surface area contributed by atoms with E-state index in [1.54, 1.807) is 0 Å².